The number of hydrogen-bond acceptors (Lipinski definition) is 6. The summed E-state index contributed by atoms with van der Waals surface area (Å²) in [5.41, 5.74) is -0.170. The van der Waals surface area contributed by atoms with Crippen molar-refractivity contribution in [3.63, 3.8) is 0 Å². The molecule has 0 saturated carbocycles. The van der Waals surface area contributed by atoms with Gasteiger partial charge in [0.2, 0.25) is 0 Å². The second-order valence-corrected chi connectivity index (χ2v) is 9.90. The second-order valence-electron chi connectivity index (χ2n) is 9.90. The molecule has 188 valence electrons. The van der Waals surface area contributed by atoms with Crippen molar-refractivity contribution in [2.45, 2.75) is 45.3 Å². The standard InChI is InChI=1S/C26H33FN4O4/c1-26(2,3)35-25(33)30-14-7-13-29(16-17-30)23-11-6-9-21(28-23)24(32)31-15-12-19(18-31)34-22-10-5-4-8-20(22)27/h4-6,8-11,19H,7,12-18H2,1-3H3. The van der Waals surface area contributed by atoms with Crippen LogP contribution in [0.15, 0.2) is 42.5 Å². The van der Waals surface area contributed by atoms with Crippen molar-refractivity contribution in [2.24, 2.45) is 0 Å². The molecule has 1 atom stereocenters. The molecule has 9 heteroatoms. The lowest BCUT2D eigenvalue weighted by molar-refractivity contribution is 0.0263. The maximum atomic E-state index is 13.9. The van der Waals surface area contributed by atoms with Crippen LogP contribution in [-0.4, -0.2) is 77.8 Å². The van der Waals surface area contributed by atoms with Gasteiger partial charge in [0.05, 0.1) is 6.54 Å². The van der Waals surface area contributed by atoms with E-state index in [4.69, 9.17) is 9.47 Å². The molecule has 35 heavy (non-hydrogen) atoms. The van der Waals surface area contributed by atoms with Crippen molar-refractivity contribution in [3.8, 4) is 5.75 Å². The number of hydrogen-bond donors (Lipinski definition) is 0. The normalized spacial score (nSPS) is 18.9. The van der Waals surface area contributed by atoms with Crippen molar-refractivity contribution in [2.75, 3.05) is 44.2 Å². The van der Waals surface area contributed by atoms with Gasteiger partial charge in [0, 0.05) is 39.1 Å². The first-order valence-electron chi connectivity index (χ1n) is 12.1. The smallest absolute Gasteiger partial charge is 0.410 e. The van der Waals surface area contributed by atoms with Gasteiger partial charge in [-0.3, -0.25) is 4.79 Å². The van der Waals surface area contributed by atoms with E-state index in [2.05, 4.69) is 9.88 Å². The number of amides is 2. The van der Waals surface area contributed by atoms with Gasteiger partial charge in [-0.05, 0) is 51.5 Å². The van der Waals surface area contributed by atoms with Crippen LogP contribution < -0.4 is 9.64 Å². The Hall–Kier alpha value is -3.36. The van der Waals surface area contributed by atoms with Gasteiger partial charge < -0.3 is 24.2 Å². The molecule has 2 amide bonds. The van der Waals surface area contributed by atoms with Gasteiger partial charge in [-0.25, -0.2) is 14.2 Å². The second kappa shape index (κ2) is 10.5. The predicted octanol–water partition coefficient (Wildman–Crippen LogP) is 3.96. The number of para-hydroxylation sites is 1. The van der Waals surface area contributed by atoms with E-state index in [0.29, 0.717) is 50.7 Å². The number of halogens is 1. The topological polar surface area (TPSA) is 75.2 Å². The molecule has 3 heterocycles. The number of aromatic nitrogens is 1. The van der Waals surface area contributed by atoms with Gasteiger partial charge in [-0.1, -0.05) is 18.2 Å². The zero-order chi connectivity index (χ0) is 25.0. The zero-order valence-electron chi connectivity index (χ0n) is 20.6. The molecule has 2 aliphatic heterocycles. The van der Waals surface area contributed by atoms with Crippen LogP contribution in [0.1, 0.15) is 44.1 Å². The summed E-state index contributed by atoms with van der Waals surface area (Å²) in [6, 6.07) is 11.7. The van der Waals surface area contributed by atoms with Gasteiger partial charge in [-0.2, -0.15) is 0 Å². The fraction of sp³-hybridized carbons (Fsp3) is 0.500. The Labute approximate surface area is 205 Å². The lowest BCUT2D eigenvalue weighted by Crippen LogP contribution is -2.39. The highest BCUT2D eigenvalue weighted by Gasteiger charge is 2.30. The molecule has 2 saturated heterocycles. The number of rotatable bonds is 4. The van der Waals surface area contributed by atoms with Crippen molar-refractivity contribution in [3.05, 3.63) is 54.0 Å². The van der Waals surface area contributed by atoms with E-state index in [1.165, 1.54) is 6.07 Å². The summed E-state index contributed by atoms with van der Waals surface area (Å²) in [7, 11) is 0. The van der Waals surface area contributed by atoms with Gasteiger partial charge >= 0.3 is 6.09 Å². The van der Waals surface area contributed by atoms with Crippen molar-refractivity contribution >= 4 is 17.8 Å². The van der Waals surface area contributed by atoms with Crippen LogP contribution in [0.25, 0.3) is 0 Å². The van der Waals surface area contributed by atoms with Crippen LogP contribution in [0.5, 0.6) is 5.75 Å². The van der Waals surface area contributed by atoms with Crippen molar-refractivity contribution in [1.82, 2.24) is 14.8 Å². The van der Waals surface area contributed by atoms with Crippen molar-refractivity contribution in [1.29, 1.82) is 0 Å². The Bertz CT molecular complexity index is 1060. The minimum absolute atomic E-state index is 0.170. The van der Waals surface area contributed by atoms with Crippen LogP contribution in [-0.2, 0) is 4.74 Å². The quantitative estimate of drug-likeness (QED) is 0.654. The highest BCUT2D eigenvalue weighted by atomic mass is 19.1. The molecule has 0 aliphatic carbocycles. The van der Waals surface area contributed by atoms with E-state index in [9.17, 15) is 14.0 Å². The summed E-state index contributed by atoms with van der Waals surface area (Å²) in [6.45, 7) is 8.95. The molecule has 2 fully saturated rings. The molecular formula is C26H33FN4O4. The number of anilines is 1. The Morgan fingerprint density at radius 3 is 2.54 bits per heavy atom. The van der Waals surface area contributed by atoms with E-state index < -0.39 is 11.4 Å². The molecule has 0 spiro atoms. The number of pyridine rings is 1. The van der Waals surface area contributed by atoms with E-state index in [1.54, 1.807) is 34.1 Å². The van der Waals surface area contributed by atoms with E-state index in [0.717, 1.165) is 13.0 Å². The Morgan fingerprint density at radius 1 is 0.971 bits per heavy atom. The zero-order valence-corrected chi connectivity index (χ0v) is 20.6. The number of benzene rings is 1. The van der Waals surface area contributed by atoms with Crippen LogP contribution in [0.4, 0.5) is 15.0 Å². The third-order valence-corrected chi connectivity index (χ3v) is 5.99. The molecule has 0 N–H and O–H groups in total. The molecule has 2 aromatic rings. The highest BCUT2D eigenvalue weighted by molar-refractivity contribution is 5.93. The van der Waals surface area contributed by atoms with Gasteiger partial charge in [0.15, 0.2) is 11.6 Å². The maximum Gasteiger partial charge on any atom is 0.410 e. The van der Waals surface area contributed by atoms with Crippen LogP contribution in [0, 0.1) is 5.82 Å². The summed E-state index contributed by atoms with van der Waals surface area (Å²) in [6.07, 6.45) is 0.841. The highest BCUT2D eigenvalue weighted by Crippen LogP contribution is 2.23. The molecule has 1 aromatic carbocycles. The third-order valence-electron chi connectivity index (χ3n) is 5.99. The first-order chi connectivity index (χ1) is 16.7. The van der Waals surface area contributed by atoms with E-state index in [1.807, 2.05) is 32.9 Å². The summed E-state index contributed by atoms with van der Waals surface area (Å²) >= 11 is 0. The minimum atomic E-state index is -0.534. The number of carbonyl (C=O) groups is 2. The van der Waals surface area contributed by atoms with E-state index >= 15 is 0 Å². The first-order valence-corrected chi connectivity index (χ1v) is 12.1. The predicted molar refractivity (Wildman–Crippen MR) is 130 cm³/mol. The lowest BCUT2D eigenvalue weighted by atomic mass is 10.2. The number of ether oxygens (including phenoxy) is 2. The summed E-state index contributed by atoms with van der Waals surface area (Å²) in [5, 5.41) is 0. The van der Waals surface area contributed by atoms with Crippen molar-refractivity contribution < 1.29 is 23.5 Å². The molecule has 1 unspecified atom stereocenters. The Kier molecular flexibility index (Phi) is 7.42. The summed E-state index contributed by atoms with van der Waals surface area (Å²) < 4.78 is 25.2. The maximum absolute atomic E-state index is 13.9. The molecular weight excluding hydrogens is 451 g/mol. The number of likely N-dealkylation sites (tertiary alicyclic amines) is 1. The molecule has 0 radical (unpaired) electrons. The monoisotopic (exact) mass is 484 g/mol. The summed E-state index contributed by atoms with van der Waals surface area (Å²) in [5.74, 6) is 0.333. The average molecular weight is 485 g/mol. The molecule has 1 aromatic heterocycles. The average Bonchev–Trinajstić information content (AvgIpc) is 3.13. The number of nitrogens with zero attached hydrogens (tertiary/aromatic N) is 4. The summed E-state index contributed by atoms with van der Waals surface area (Å²) in [4.78, 5) is 35.7. The van der Waals surface area contributed by atoms with Crippen LogP contribution in [0.2, 0.25) is 0 Å². The SMILES string of the molecule is CC(C)(C)OC(=O)N1CCCN(c2cccc(C(=O)N3CCC(Oc4ccccc4F)C3)n2)CC1. The first kappa shape index (κ1) is 24.8. The minimum Gasteiger partial charge on any atom is -0.485 e. The molecule has 0 bridgehead atoms. The Morgan fingerprint density at radius 2 is 1.77 bits per heavy atom. The lowest BCUT2D eigenvalue weighted by Gasteiger charge is -2.26. The van der Waals surface area contributed by atoms with Gasteiger partial charge in [-0.15, -0.1) is 0 Å². The van der Waals surface area contributed by atoms with Crippen LogP contribution >= 0.6 is 0 Å². The molecule has 2 aliphatic rings. The van der Waals surface area contributed by atoms with Crippen LogP contribution in [0.3, 0.4) is 0 Å². The molecule has 8 nitrogen and oxygen atoms in total. The fourth-order valence-electron chi connectivity index (χ4n) is 4.26. The van der Waals surface area contributed by atoms with Gasteiger partial charge in [0.1, 0.15) is 23.2 Å². The third kappa shape index (κ3) is 6.41. The number of carbonyl (C=O) groups excluding carboxylic acids is 2. The largest absolute Gasteiger partial charge is 0.485 e. The fourth-order valence-corrected chi connectivity index (χ4v) is 4.26. The van der Waals surface area contributed by atoms with E-state index in [-0.39, 0.29) is 23.9 Å². The van der Waals surface area contributed by atoms with Gasteiger partial charge in [0.25, 0.3) is 5.91 Å². The molecule has 4 rings (SSSR count). The Balaban J connectivity index is 1.36.